The molecule has 5 nitrogen and oxygen atoms in total. The van der Waals surface area contributed by atoms with Crippen LogP contribution in [0.1, 0.15) is 0 Å². The molecular formula is C15H12ClN3O2S2. The predicted molar refractivity (Wildman–Crippen MR) is 94.2 cm³/mol. The van der Waals surface area contributed by atoms with Crippen LogP contribution in [0.4, 0.5) is 10.8 Å². The summed E-state index contributed by atoms with van der Waals surface area (Å²) in [6, 6.07) is 13.8. The zero-order chi connectivity index (χ0) is 16.4. The zero-order valence-electron chi connectivity index (χ0n) is 11.7. The van der Waals surface area contributed by atoms with Gasteiger partial charge in [0.05, 0.1) is 10.7 Å². The molecule has 1 heterocycles. The molecule has 118 valence electrons. The summed E-state index contributed by atoms with van der Waals surface area (Å²) in [6.45, 7) is 0. The lowest BCUT2D eigenvalue weighted by molar-refractivity contribution is 0.601. The van der Waals surface area contributed by atoms with Gasteiger partial charge in [0.1, 0.15) is 4.90 Å². The number of halogens is 1. The van der Waals surface area contributed by atoms with E-state index in [0.29, 0.717) is 11.4 Å². The average molecular weight is 366 g/mol. The summed E-state index contributed by atoms with van der Waals surface area (Å²) in [6.07, 6.45) is 0. The van der Waals surface area contributed by atoms with Crippen molar-refractivity contribution >= 4 is 43.8 Å². The molecule has 0 aliphatic heterocycles. The van der Waals surface area contributed by atoms with E-state index in [-0.39, 0.29) is 15.0 Å². The van der Waals surface area contributed by atoms with Crippen LogP contribution in [-0.2, 0) is 10.0 Å². The molecule has 0 amide bonds. The standard InChI is InChI=1S/C15H12ClN3O2S2/c16-12-8-11(17)6-7-14(12)23(20,21)19-15-18-13(9-22-15)10-4-2-1-3-5-10/h1-9H,17H2,(H,18,19). The monoisotopic (exact) mass is 365 g/mol. The van der Waals surface area contributed by atoms with Gasteiger partial charge < -0.3 is 5.73 Å². The highest BCUT2D eigenvalue weighted by atomic mass is 35.5. The fourth-order valence-electron chi connectivity index (χ4n) is 1.97. The maximum Gasteiger partial charge on any atom is 0.265 e. The van der Waals surface area contributed by atoms with Crippen LogP contribution in [0, 0.1) is 0 Å². The number of anilines is 2. The van der Waals surface area contributed by atoms with Gasteiger partial charge in [-0.1, -0.05) is 41.9 Å². The molecule has 23 heavy (non-hydrogen) atoms. The first-order valence-electron chi connectivity index (χ1n) is 6.54. The Bertz CT molecular complexity index is 940. The van der Waals surface area contributed by atoms with E-state index in [1.807, 2.05) is 30.3 Å². The van der Waals surface area contributed by atoms with Crippen molar-refractivity contribution in [2.45, 2.75) is 4.90 Å². The van der Waals surface area contributed by atoms with E-state index in [0.717, 1.165) is 5.56 Å². The predicted octanol–water partition coefficient (Wildman–Crippen LogP) is 3.85. The molecule has 3 aromatic rings. The molecule has 0 unspecified atom stereocenters. The number of thiazole rings is 1. The van der Waals surface area contributed by atoms with E-state index < -0.39 is 10.0 Å². The van der Waals surface area contributed by atoms with Crippen LogP contribution in [0.2, 0.25) is 5.02 Å². The van der Waals surface area contributed by atoms with Crippen molar-refractivity contribution < 1.29 is 8.42 Å². The topological polar surface area (TPSA) is 85.1 Å². The Morgan fingerprint density at radius 3 is 2.57 bits per heavy atom. The van der Waals surface area contributed by atoms with Gasteiger partial charge in [0.15, 0.2) is 5.13 Å². The Morgan fingerprint density at radius 2 is 1.87 bits per heavy atom. The minimum Gasteiger partial charge on any atom is -0.399 e. The number of nitrogens with two attached hydrogens (primary N) is 1. The van der Waals surface area contributed by atoms with E-state index in [1.165, 1.54) is 29.5 Å². The number of hydrogen-bond acceptors (Lipinski definition) is 5. The summed E-state index contributed by atoms with van der Waals surface area (Å²) in [5.74, 6) is 0. The molecular weight excluding hydrogens is 354 g/mol. The number of nitrogen functional groups attached to an aromatic ring is 1. The molecule has 0 spiro atoms. The zero-order valence-corrected chi connectivity index (χ0v) is 14.1. The van der Waals surface area contributed by atoms with E-state index in [9.17, 15) is 8.42 Å². The third-order valence-electron chi connectivity index (χ3n) is 3.04. The maximum absolute atomic E-state index is 12.4. The van der Waals surface area contributed by atoms with Crippen molar-refractivity contribution in [2.24, 2.45) is 0 Å². The Hall–Kier alpha value is -2.09. The van der Waals surface area contributed by atoms with Crippen LogP contribution < -0.4 is 10.5 Å². The lowest BCUT2D eigenvalue weighted by Gasteiger charge is -2.07. The SMILES string of the molecule is Nc1ccc(S(=O)(=O)Nc2nc(-c3ccccc3)cs2)c(Cl)c1. The van der Waals surface area contributed by atoms with Crippen molar-refractivity contribution in [3.63, 3.8) is 0 Å². The number of aromatic nitrogens is 1. The normalized spacial score (nSPS) is 11.3. The van der Waals surface area contributed by atoms with E-state index in [4.69, 9.17) is 17.3 Å². The quantitative estimate of drug-likeness (QED) is 0.688. The van der Waals surface area contributed by atoms with Gasteiger partial charge in [0, 0.05) is 16.6 Å². The molecule has 0 bridgehead atoms. The first-order valence-corrected chi connectivity index (χ1v) is 9.28. The molecule has 8 heteroatoms. The van der Waals surface area contributed by atoms with Gasteiger partial charge in [0.25, 0.3) is 10.0 Å². The van der Waals surface area contributed by atoms with Crippen molar-refractivity contribution in [3.05, 3.63) is 58.9 Å². The summed E-state index contributed by atoms with van der Waals surface area (Å²) in [7, 11) is -3.82. The summed E-state index contributed by atoms with van der Waals surface area (Å²) in [4.78, 5) is 4.26. The van der Waals surface area contributed by atoms with Crippen LogP contribution in [-0.4, -0.2) is 13.4 Å². The third-order valence-corrected chi connectivity index (χ3v) is 5.75. The molecule has 2 aromatic carbocycles. The number of hydrogen-bond donors (Lipinski definition) is 2. The molecule has 0 fully saturated rings. The van der Waals surface area contributed by atoms with E-state index in [2.05, 4.69) is 9.71 Å². The smallest absolute Gasteiger partial charge is 0.265 e. The highest BCUT2D eigenvalue weighted by Crippen LogP contribution is 2.29. The number of nitrogens with one attached hydrogen (secondary N) is 1. The van der Waals surface area contributed by atoms with Crippen molar-refractivity contribution in [1.29, 1.82) is 0 Å². The van der Waals surface area contributed by atoms with Crippen molar-refractivity contribution in [3.8, 4) is 11.3 Å². The minimum absolute atomic E-state index is 0.0372. The first kappa shape index (κ1) is 15.8. The first-order chi connectivity index (χ1) is 11.0. The van der Waals surface area contributed by atoms with Crippen LogP contribution >= 0.6 is 22.9 Å². The van der Waals surface area contributed by atoms with Crippen LogP contribution in [0.15, 0.2) is 58.8 Å². The van der Waals surface area contributed by atoms with Crippen molar-refractivity contribution in [1.82, 2.24) is 4.98 Å². The number of sulfonamides is 1. The second-order valence-electron chi connectivity index (χ2n) is 4.70. The minimum atomic E-state index is -3.82. The Balaban J connectivity index is 1.88. The van der Waals surface area contributed by atoms with Gasteiger partial charge in [-0.2, -0.15) is 0 Å². The van der Waals surface area contributed by atoms with E-state index >= 15 is 0 Å². The molecule has 0 aliphatic carbocycles. The lowest BCUT2D eigenvalue weighted by Crippen LogP contribution is -2.13. The second kappa shape index (κ2) is 6.19. The molecule has 0 atom stereocenters. The fourth-order valence-corrected chi connectivity index (χ4v) is 4.49. The second-order valence-corrected chi connectivity index (χ2v) is 7.62. The molecule has 3 N–H and O–H groups in total. The highest BCUT2D eigenvalue weighted by Gasteiger charge is 2.19. The van der Waals surface area contributed by atoms with Gasteiger partial charge in [-0.05, 0) is 18.2 Å². The number of nitrogens with zero attached hydrogens (tertiary/aromatic N) is 1. The Morgan fingerprint density at radius 1 is 1.13 bits per heavy atom. The molecule has 0 radical (unpaired) electrons. The summed E-state index contributed by atoms with van der Waals surface area (Å²) >= 11 is 7.17. The Labute approximate surface area is 142 Å². The lowest BCUT2D eigenvalue weighted by atomic mass is 10.2. The molecule has 0 saturated carbocycles. The van der Waals surface area contributed by atoms with Crippen LogP contribution in [0.5, 0.6) is 0 Å². The van der Waals surface area contributed by atoms with Gasteiger partial charge in [-0.25, -0.2) is 13.4 Å². The van der Waals surface area contributed by atoms with Gasteiger partial charge >= 0.3 is 0 Å². The van der Waals surface area contributed by atoms with Crippen LogP contribution in [0.3, 0.4) is 0 Å². The largest absolute Gasteiger partial charge is 0.399 e. The summed E-state index contributed by atoms with van der Waals surface area (Å²) < 4.78 is 27.3. The highest BCUT2D eigenvalue weighted by molar-refractivity contribution is 7.93. The average Bonchev–Trinajstić information content (AvgIpc) is 2.95. The van der Waals surface area contributed by atoms with E-state index in [1.54, 1.807) is 5.38 Å². The van der Waals surface area contributed by atoms with Gasteiger partial charge in [-0.3, -0.25) is 4.72 Å². The maximum atomic E-state index is 12.4. The third kappa shape index (κ3) is 3.47. The van der Waals surface area contributed by atoms with Crippen LogP contribution in [0.25, 0.3) is 11.3 Å². The number of benzene rings is 2. The van der Waals surface area contributed by atoms with Gasteiger partial charge in [-0.15, -0.1) is 11.3 Å². The van der Waals surface area contributed by atoms with Crippen molar-refractivity contribution in [2.75, 3.05) is 10.5 Å². The summed E-state index contributed by atoms with van der Waals surface area (Å²) in [5.41, 5.74) is 7.60. The molecule has 0 aliphatic rings. The number of rotatable bonds is 4. The fraction of sp³-hybridized carbons (Fsp3) is 0. The molecule has 1 aromatic heterocycles. The molecule has 0 saturated heterocycles. The van der Waals surface area contributed by atoms with Gasteiger partial charge in [0.2, 0.25) is 0 Å². The Kier molecular flexibility index (Phi) is 4.25. The summed E-state index contributed by atoms with van der Waals surface area (Å²) in [5, 5.41) is 2.13. The molecule has 3 rings (SSSR count).